The van der Waals surface area contributed by atoms with Crippen molar-refractivity contribution in [1.29, 1.82) is 0 Å². The van der Waals surface area contributed by atoms with Gasteiger partial charge in [-0.1, -0.05) is 11.2 Å². The van der Waals surface area contributed by atoms with Crippen LogP contribution in [-0.2, 0) is 16.6 Å². The number of rotatable bonds is 4. The second kappa shape index (κ2) is 7.57. The molecule has 0 aliphatic carbocycles. The minimum atomic E-state index is -3.82. The Kier molecular flexibility index (Phi) is 5.38. The molecule has 1 aromatic carbocycles. The molecule has 10 heteroatoms. The Bertz CT molecular complexity index is 933. The molecule has 1 aromatic heterocycles. The van der Waals surface area contributed by atoms with Gasteiger partial charge in [-0.05, 0) is 31.5 Å². The van der Waals surface area contributed by atoms with Crippen LogP contribution in [0.25, 0.3) is 0 Å². The summed E-state index contributed by atoms with van der Waals surface area (Å²) in [6.07, 6.45) is 0. The number of aromatic nitrogens is 1. The van der Waals surface area contributed by atoms with Crippen molar-refractivity contribution in [3.8, 4) is 5.75 Å². The van der Waals surface area contributed by atoms with Gasteiger partial charge in [-0.15, -0.1) is 0 Å². The quantitative estimate of drug-likeness (QED) is 0.805. The molecule has 0 radical (unpaired) electrons. The molecule has 0 saturated carbocycles. The molecule has 1 aliphatic heterocycles. The van der Waals surface area contributed by atoms with E-state index in [1.54, 1.807) is 30.9 Å². The van der Waals surface area contributed by atoms with Crippen molar-refractivity contribution < 1.29 is 22.8 Å². The fourth-order valence-electron chi connectivity index (χ4n) is 2.87. The Morgan fingerprint density at radius 1 is 1.22 bits per heavy atom. The monoisotopic (exact) mass is 394 g/mol. The van der Waals surface area contributed by atoms with E-state index >= 15 is 0 Å². The third-order valence-corrected chi connectivity index (χ3v) is 6.28. The summed E-state index contributed by atoms with van der Waals surface area (Å²) in [6, 6.07) is 5.91. The van der Waals surface area contributed by atoms with Gasteiger partial charge < -0.3 is 19.8 Å². The Morgan fingerprint density at radius 2 is 1.93 bits per heavy atom. The molecule has 1 saturated heterocycles. The van der Waals surface area contributed by atoms with Crippen molar-refractivity contribution in [2.45, 2.75) is 25.3 Å². The smallest absolute Gasteiger partial charge is 0.317 e. The molecule has 146 valence electrons. The van der Waals surface area contributed by atoms with Crippen LogP contribution in [0.1, 0.15) is 17.0 Å². The number of phenols is 1. The summed E-state index contributed by atoms with van der Waals surface area (Å²) in [7, 11) is -3.82. The van der Waals surface area contributed by atoms with E-state index in [-0.39, 0.29) is 49.4 Å². The standard InChI is InChI=1S/C17H22N4O5S/c1-12-3-4-15(22)16(9-12)27(24,25)21-7-5-20(6-8-21)17(23)18-11-14-10-13(2)19-26-14/h3-4,9-10,22H,5-8,11H2,1-2H3,(H,18,23). The zero-order chi connectivity index (χ0) is 19.6. The van der Waals surface area contributed by atoms with E-state index in [1.807, 2.05) is 0 Å². The predicted octanol–water partition coefficient (Wildman–Crippen LogP) is 1.21. The number of aryl methyl sites for hydroxylation is 2. The number of piperazine rings is 1. The van der Waals surface area contributed by atoms with Crippen LogP contribution in [0.5, 0.6) is 5.75 Å². The highest BCUT2D eigenvalue weighted by Gasteiger charge is 2.31. The summed E-state index contributed by atoms with van der Waals surface area (Å²) < 4.78 is 31.9. The van der Waals surface area contributed by atoms with E-state index in [4.69, 9.17) is 4.52 Å². The van der Waals surface area contributed by atoms with Crippen molar-refractivity contribution in [1.82, 2.24) is 19.7 Å². The minimum Gasteiger partial charge on any atom is -0.507 e. The van der Waals surface area contributed by atoms with Crippen LogP contribution in [0.2, 0.25) is 0 Å². The number of sulfonamides is 1. The lowest BCUT2D eigenvalue weighted by atomic mass is 10.2. The maximum absolute atomic E-state index is 12.8. The lowest BCUT2D eigenvalue weighted by Crippen LogP contribution is -2.52. The zero-order valence-corrected chi connectivity index (χ0v) is 16.0. The third kappa shape index (κ3) is 4.22. The average molecular weight is 394 g/mol. The molecule has 0 spiro atoms. The molecule has 0 bridgehead atoms. The molecule has 2 N–H and O–H groups in total. The fraction of sp³-hybridized carbons (Fsp3) is 0.412. The van der Waals surface area contributed by atoms with Gasteiger partial charge in [0.05, 0.1) is 12.2 Å². The van der Waals surface area contributed by atoms with Gasteiger partial charge in [0, 0.05) is 32.2 Å². The van der Waals surface area contributed by atoms with E-state index in [0.717, 1.165) is 11.3 Å². The minimum absolute atomic E-state index is 0.110. The number of hydrogen-bond donors (Lipinski definition) is 2. The van der Waals surface area contributed by atoms with Gasteiger partial charge in [0.25, 0.3) is 0 Å². The highest BCUT2D eigenvalue weighted by Crippen LogP contribution is 2.27. The summed E-state index contributed by atoms with van der Waals surface area (Å²) in [6.45, 7) is 4.60. The average Bonchev–Trinajstić information content (AvgIpc) is 3.07. The van der Waals surface area contributed by atoms with Crippen LogP contribution in [0, 0.1) is 13.8 Å². The molecule has 27 heavy (non-hydrogen) atoms. The molecule has 2 aromatic rings. The second-order valence-corrected chi connectivity index (χ2v) is 8.36. The number of carbonyl (C=O) groups is 1. The Balaban J connectivity index is 1.59. The number of aromatic hydroxyl groups is 1. The number of urea groups is 1. The second-order valence-electron chi connectivity index (χ2n) is 6.46. The Labute approximate surface area is 157 Å². The summed E-state index contributed by atoms with van der Waals surface area (Å²) in [5.41, 5.74) is 1.48. The van der Waals surface area contributed by atoms with E-state index < -0.39 is 10.0 Å². The van der Waals surface area contributed by atoms with Gasteiger partial charge in [0.1, 0.15) is 10.6 Å². The molecule has 2 heterocycles. The number of hydrogen-bond acceptors (Lipinski definition) is 6. The normalized spacial score (nSPS) is 15.7. The van der Waals surface area contributed by atoms with E-state index in [2.05, 4.69) is 10.5 Å². The first-order chi connectivity index (χ1) is 12.8. The Hall–Kier alpha value is -2.59. The van der Waals surface area contributed by atoms with Gasteiger partial charge in [-0.2, -0.15) is 4.31 Å². The van der Waals surface area contributed by atoms with Crippen molar-refractivity contribution in [2.24, 2.45) is 0 Å². The van der Waals surface area contributed by atoms with Crippen molar-refractivity contribution in [2.75, 3.05) is 26.2 Å². The molecule has 9 nitrogen and oxygen atoms in total. The predicted molar refractivity (Wildman–Crippen MR) is 96.7 cm³/mol. The number of benzene rings is 1. The van der Waals surface area contributed by atoms with Crippen LogP contribution in [0.15, 0.2) is 33.7 Å². The van der Waals surface area contributed by atoms with Gasteiger partial charge in [-0.3, -0.25) is 0 Å². The maximum Gasteiger partial charge on any atom is 0.317 e. The number of carbonyl (C=O) groups excluding carboxylic acids is 1. The SMILES string of the molecule is Cc1ccc(O)c(S(=O)(=O)N2CCN(C(=O)NCc3cc(C)no3)CC2)c1. The summed E-state index contributed by atoms with van der Waals surface area (Å²) in [5, 5.41) is 16.4. The maximum atomic E-state index is 12.8. The molecule has 3 rings (SSSR count). The fourth-order valence-corrected chi connectivity index (χ4v) is 4.46. The number of phenolic OH excluding ortho intramolecular Hbond substituents is 1. The molecular weight excluding hydrogens is 372 g/mol. The highest BCUT2D eigenvalue weighted by atomic mass is 32.2. The summed E-state index contributed by atoms with van der Waals surface area (Å²) in [4.78, 5) is 13.7. The van der Waals surface area contributed by atoms with Crippen molar-refractivity contribution in [3.63, 3.8) is 0 Å². The van der Waals surface area contributed by atoms with Crippen molar-refractivity contribution in [3.05, 3.63) is 41.3 Å². The summed E-state index contributed by atoms with van der Waals surface area (Å²) in [5.74, 6) is 0.278. The zero-order valence-electron chi connectivity index (χ0n) is 15.2. The number of nitrogens with one attached hydrogen (secondary N) is 1. The van der Waals surface area contributed by atoms with Crippen LogP contribution in [0.3, 0.4) is 0 Å². The first kappa shape index (κ1) is 19.2. The number of nitrogens with zero attached hydrogens (tertiary/aromatic N) is 3. The Morgan fingerprint density at radius 3 is 2.56 bits per heavy atom. The van der Waals surface area contributed by atoms with E-state index in [1.165, 1.54) is 16.4 Å². The van der Waals surface area contributed by atoms with Gasteiger partial charge in [0.2, 0.25) is 10.0 Å². The van der Waals surface area contributed by atoms with Crippen LogP contribution >= 0.6 is 0 Å². The lowest BCUT2D eigenvalue weighted by Gasteiger charge is -2.34. The topological polar surface area (TPSA) is 116 Å². The molecular formula is C17H22N4O5S. The summed E-state index contributed by atoms with van der Waals surface area (Å²) >= 11 is 0. The third-order valence-electron chi connectivity index (χ3n) is 4.35. The van der Waals surface area contributed by atoms with Crippen LogP contribution in [-0.4, -0.2) is 60.1 Å². The van der Waals surface area contributed by atoms with Crippen LogP contribution in [0.4, 0.5) is 4.79 Å². The largest absolute Gasteiger partial charge is 0.507 e. The molecule has 0 unspecified atom stereocenters. The van der Waals surface area contributed by atoms with Gasteiger partial charge in [-0.25, -0.2) is 13.2 Å². The van der Waals surface area contributed by atoms with E-state index in [0.29, 0.717) is 5.76 Å². The molecule has 1 aliphatic rings. The van der Waals surface area contributed by atoms with E-state index in [9.17, 15) is 18.3 Å². The molecule has 2 amide bonds. The first-order valence-electron chi connectivity index (χ1n) is 8.52. The first-order valence-corrected chi connectivity index (χ1v) is 9.96. The van der Waals surface area contributed by atoms with Gasteiger partial charge in [0.15, 0.2) is 5.76 Å². The van der Waals surface area contributed by atoms with Gasteiger partial charge >= 0.3 is 6.03 Å². The molecule has 0 atom stereocenters. The van der Waals surface area contributed by atoms with Crippen LogP contribution < -0.4 is 5.32 Å². The lowest BCUT2D eigenvalue weighted by molar-refractivity contribution is 0.171. The highest BCUT2D eigenvalue weighted by molar-refractivity contribution is 7.89. The van der Waals surface area contributed by atoms with Crippen molar-refractivity contribution >= 4 is 16.1 Å². The number of amides is 2. The molecule has 1 fully saturated rings.